The van der Waals surface area contributed by atoms with Crippen LogP contribution in [0.4, 0.5) is 5.69 Å². The number of hydrogen-bond acceptors (Lipinski definition) is 1. The van der Waals surface area contributed by atoms with Crippen LogP contribution < -0.4 is 5.32 Å². The van der Waals surface area contributed by atoms with Crippen LogP contribution in [0.25, 0.3) is 10.9 Å². The summed E-state index contributed by atoms with van der Waals surface area (Å²) in [6.45, 7) is 1.96. The van der Waals surface area contributed by atoms with E-state index in [-0.39, 0.29) is 5.91 Å². The number of nitrogens with one attached hydrogen (secondary N) is 2. The lowest BCUT2D eigenvalue weighted by molar-refractivity contribution is 0.102. The Balaban J connectivity index is 1.93. The lowest BCUT2D eigenvalue weighted by Gasteiger charge is -2.08. The number of para-hydroxylation sites is 2. The van der Waals surface area contributed by atoms with Crippen molar-refractivity contribution in [2.24, 2.45) is 0 Å². The summed E-state index contributed by atoms with van der Waals surface area (Å²) in [6.07, 6.45) is 3.73. The normalized spacial score (nSPS) is 10.7. The van der Waals surface area contributed by atoms with E-state index in [1.807, 2.05) is 61.9 Å². The smallest absolute Gasteiger partial charge is 0.257 e. The molecule has 1 radical (unpaired) electrons. The fourth-order valence-corrected chi connectivity index (χ4v) is 2.31. The molecule has 1 amide bonds. The highest BCUT2D eigenvalue weighted by molar-refractivity contribution is 6.13. The monoisotopic (exact) mass is 263 g/mol. The second-order valence-corrected chi connectivity index (χ2v) is 4.58. The molecule has 3 heteroatoms. The number of carbonyl (C=O) groups is 1. The summed E-state index contributed by atoms with van der Waals surface area (Å²) in [5, 5.41) is 3.90. The van der Waals surface area contributed by atoms with Crippen molar-refractivity contribution in [3.05, 3.63) is 72.3 Å². The van der Waals surface area contributed by atoms with Crippen molar-refractivity contribution in [1.29, 1.82) is 0 Å². The zero-order valence-electron chi connectivity index (χ0n) is 11.2. The molecule has 0 aliphatic carbocycles. The van der Waals surface area contributed by atoms with Gasteiger partial charge in [-0.15, -0.1) is 0 Å². The maximum atomic E-state index is 12.4. The highest BCUT2D eigenvalue weighted by Gasteiger charge is 2.12. The Morgan fingerprint density at radius 3 is 2.70 bits per heavy atom. The minimum absolute atomic E-state index is 0.100. The number of aromatic amines is 1. The number of amides is 1. The second kappa shape index (κ2) is 5.21. The van der Waals surface area contributed by atoms with Gasteiger partial charge in [0.1, 0.15) is 0 Å². The number of hydrogen-bond donors (Lipinski definition) is 2. The number of fused-ring (bicyclic) bond motifs is 1. The SMILES string of the molecule is C[CH]c1ccccc1NC(=O)c1c[nH]c2ccccc12. The number of carbonyl (C=O) groups excluding carboxylic acids is 1. The Bertz CT molecular complexity index is 758. The first-order valence-electron chi connectivity index (χ1n) is 6.55. The Labute approximate surface area is 117 Å². The zero-order chi connectivity index (χ0) is 13.9. The van der Waals surface area contributed by atoms with Gasteiger partial charge in [-0.2, -0.15) is 0 Å². The molecule has 0 atom stereocenters. The van der Waals surface area contributed by atoms with Crippen LogP contribution >= 0.6 is 0 Å². The molecule has 0 aliphatic heterocycles. The van der Waals surface area contributed by atoms with E-state index >= 15 is 0 Å². The van der Waals surface area contributed by atoms with Gasteiger partial charge in [-0.25, -0.2) is 0 Å². The van der Waals surface area contributed by atoms with E-state index in [4.69, 9.17) is 0 Å². The maximum absolute atomic E-state index is 12.4. The summed E-state index contributed by atoms with van der Waals surface area (Å²) in [4.78, 5) is 15.5. The molecule has 3 aromatic rings. The number of benzene rings is 2. The quantitative estimate of drug-likeness (QED) is 0.737. The first-order valence-corrected chi connectivity index (χ1v) is 6.55. The van der Waals surface area contributed by atoms with E-state index in [2.05, 4.69) is 10.3 Å². The lowest BCUT2D eigenvalue weighted by Crippen LogP contribution is -2.12. The van der Waals surface area contributed by atoms with Crippen molar-refractivity contribution in [3.8, 4) is 0 Å². The van der Waals surface area contributed by atoms with E-state index < -0.39 is 0 Å². The molecule has 0 unspecified atom stereocenters. The molecule has 1 aromatic heterocycles. The van der Waals surface area contributed by atoms with Crippen LogP contribution in [0.5, 0.6) is 0 Å². The molecule has 0 saturated carbocycles. The molecule has 2 aromatic carbocycles. The molecular weight excluding hydrogens is 248 g/mol. The Kier molecular flexibility index (Phi) is 3.25. The number of H-pyrrole nitrogens is 1. The van der Waals surface area contributed by atoms with Crippen LogP contribution in [0.15, 0.2) is 54.7 Å². The standard InChI is InChI=1S/C17H15N2O/c1-2-12-7-3-5-9-15(12)19-17(20)14-11-18-16-10-6-4-8-13(14)16/h2-11,18H,1H3,(H,19,20). The molecule has 99 valence electrons. The highest BCUT2D eigenvalue weighted by atomic mass is 16.1. The first-order chi connectivity index (χ1) is 9.79. The number of rotatable bonds is 3. The zero-order valence-corrected chi connectivity index (χ0v) is 11.2. The Hall–Kier alpha value is -2.55. The molecule has 3 rings (SSSR count). The van der Waals surface area contributed by atoms with E-state index in [1.165, 1.54) is 0 Å². The van der Waals surface area contributed by atoms with Gasteiger partial charge in [-0.3, -0.25) is 4.79 Å². The lowest BCUT2D eigenvalue weighted by atomic mass is 10.1. The van der Waals surface area contributed by atoms with Crippen LogP contribution in [0.2, 0.25) is 0 Å². The molecular formula is C17H15N2O. The minimum Gasteiger partial charge on any atom is -0.360 e. The van der Waals surface area contributed by atoms with Gasteiger partial charge in [0.2, 0.25) is 0 Å². The fraction of sp³-hybridized carbons (Fsp3) is 0.0588. The molecule has 20 heavy (non-hydrogen) atoms. The van der Waals surface area contributed by atoms with Gasteiger partial charge in [0.15, 0.2) is 0 Å². The molecule has 0 aliphatic rings. The largest absolute Gasteiger partial charge is 0.360 e. The van der Waals surface area contributed by atoms with Crippen LogP contribution in [0.3, 0.4) is 0 Å². The summed E-state index contributed by atoms with van der Waals surface area (Å²) >= 11 is 0. The number of anilines is 1. The molecule has 0 bridgehead atoms. The molecule has 1 heterocycles. The molecule has 0 saturated heterocycles. The Morgan fingerprint density at radius 2 is 1.85 bits per heavy atom. The second-order valence-electron chi connectivity index (χ2n) is 4.58. The van der Waals surface area contributed by atoms with Gasteiger partial charge in [-0.05, 0) is 24.1 Å². The Morgan fingerprint density at radius 1 is 1.10 bits per heavy atom. The van der Waals surface area contributed by atoms with Crippen molar-refractivity contribution in [2.45, 2.75) is 6.92 Å². The van der Waals surface area contributed by atoms with Crippen LogP contribution in [0.1, 0.15) is 22.8 Å². The summed E-state index contributed by atoms with van der Waals surface area (Å²) in [5.74, 6) is -0.100. The van der Waals surface area contributed by atoms with Gasteiger partial charge in [0, 0.05) is 22.8 Å². The molecule has 2 N–H and O–H groups in total. The maximum Gasteiger partial charge on any atom is 0.257 e. The molecule has 0 spiro atoms. The molecule has 3 nitrogen and oxygen atoms in total. The minimum atomic E-state index is -0.100. The molecule has 0 fully saturated rings. The summed E-state index contributed by atoms with van der Waals surface area (Å²) in [7, 11) is 0. The van der Waals surface area contributed by atoms with Crippen LogP contribution in [-0.4, -0.2) is 10.9 Å². The first kappa shape index (κ1) is 12.5. The van der Waals surface area contributed by atoms with Crippen molar-refractivity contribution in [2.75, 3.05) is 5.32 Å². The van der Waals surface area contributed by atoms with Crippen molar-refractivity contribution in [1.82, 2.24) is 4.98 Å². The highest BCUT2D eigenvalue weighted by Crippen LogP contribution is 2.21. The van der Waals surface area contributed by atoms with Gasteiger partial charge >= 0.3 is 0 Å². The van der Waals surface area contributed by atoms with Crippen LogP contribution in [0, 0.1) is 6.42 Å². The van der Waals surface area contributed by atoms with E-state index in [1.54, 1.807) is 6.20 Å². The van der Waals surface area contributed by atoms with E-state index in [0.717, 1.165) is 22.2 Å². The fourth-order valence-electron chi connectivity index (χ4n) is 2.31. The van der Waals surface area contributed by atoms with Crippen molar-refractivity contribution < 1.29 is 4.79 Å². The predicted molar refractivity (Wildman–Crippen MR) is 81.8 cm³/mol. The topological polar surface area (TPSA) is 44.9 Å². The van der Waals surface area contributed by atoms with Gasteiger partial charge in [-0.1, -0.05) is 43.3 Å². The number of aromatic nitrogens is 1. The third-order valence-electron chi connectivity index (χ3n) is 3.35. The van der Waals surface area contributed by atoms with Crippen molar-refractivity contribution in [3.63, 3.8) is 0 Å². The summed E-state index contributed by atoms with van der Waals surface area (Å²) in [5.41, 5.74) is 3.46. The van der Waals surface area contributed by atoms with E-state index in [9.17, 15) is 4.79 Å². The average molecular weight is 263 g/mol. The average Bonchev–Trinajstić information content (AvgIpc) is 2.92. The van der Waals surface area contributed by atoms with Crippen LogP contribution in [-0.2, 0) is 0 Å². The summed E-state index contributed by atoms with van der Waals surface area (Å²) in [6, 6.07) is 15.5. The third-order valence-corrected chi connectivity index (χ3v) is 3.35. The summed E-state index contributed by atoms with van der Waals surface area (Å²) < 4.78 is 0. The van der Waals surface area contributed by atoms with E-state index in [0.29, 0.717) is 5.56 Å². The van der Waals surface area contributed by atoms with Gasteiger partial charge < -0.3 is 10.3 Å². The van der Waals surface area contributed by atoms with Gasteiger partial charge in [0.05, 0.1) is 5.56 Å². The van der Waals surface area contributed by atoms with Crippen molar-refractivity contribution >= 4 is 22.5 Å². The van der Waals surface area contributed by atoms with Gasteiger partial charge in [0.25, 0.3) is 5.91 Å². The predicted octanol–water partition coefficient (Wildman–Crippen LogP) is 3.99. The third kappa shape index (κ3) is 2.18.